The van der Waals surface area contributed by atoms with Gasteiger partial charge in [-0.1, -0.05) is 35.1 Å². The lowest BCUT2D eigenvalue weighted by atomic mass is 10.3. The van der Waals surface area contributed by atoms with E-state index >= 15 is 0 Å². The zero-order chi connectivity index (χ0) is 16.4. The first-order chi connectivity index (χ1) is 11.8. The number of carbonyl (C=O) groups excluding carboxylic acids is 1. The van der Waals surface area contributed by atoms with E-state index in [1.807, 2.05) is 35.0 Å². The van der Waals surface area contributed by atoms with Gasteiger partial charge in [-0.3, -0.25) is 4.79 Å². The van der Waals surface area contributed by atoms with Crippen LogP contribution in [0.1, 0.15) is 24.6 Å². The Kier molecular flexibility index (Phi) is 4.04. The van der Waals surface area contributed by atoms with Gasteiger partial charge in [0.05, 0.1) is 11.4 Å². The summed E-state index contributed by atoms with van der Waals surface area (Å²) >= 11 is 1.31. The third-order valence-corrected chi connectivity index (χ3v) is 4.43. The summed E-state index contributed by atoms with van der Waals surface area (Å²) in [4.78, 5) is 16.5. The molecular weight excluding hydrogens is 326 g/mol. The number of hydrogen-bond acceptors (Lipinski definition) is 6. The van der Waals surface area contributed by atoms with E-state index in [1.165, 1.54) is 18.0 Å². The van der Waals surface area contributed by atoms with E-state index in [0.29, 0.717) is 16.9 Å². The van der Waals surface area contributed by atoms with Crippen LogP contribution < -0.4 is 5.32 Å². The Morgan fingerprint density at radius 1 is 1.29 bits per heavy atom. The van der Waals surface area contributed by atoms with Crippen LogP contribution in [0.4, 0.5) is 5.82 Å². The Bertz CT molecular complexity index is 828. The standard InChI is InChI=1S/C16H15N5O2S/c22-14(17-13-8-9-23-20-13)10-24-16-18-15(11-6-7-11)21(19-16)12-4-2-1-3-5-12/h1-5,8-9,11H,6-7,10H2,(H,17,20,22). The summed E-state index contributed by atoms with van der Waals surface area (Å²) < 4.78 is 6.56. The summed E-state index contributed by atoms with van der Waals surface area (Å²) in [5.41, 5.74) is 0.991. The van der Waals surface area contributed by atoms with Crippen LogP contribution in [0.5, 0.6) is 0 Å². The third-order valence-electron chi connectivity index (χ3n) is 3.59. The molecule has 1 aliphatic carbocycles. The van der Waals surface area contributed by atoms with Crippen LogP contribution in [0.3, 0.4) is 0 Å². The van der Waals surface area contributed by atoms with Crippen molar-refractivity contribution in [1.29, 1.82) is 0 Å². The van der Waals surface area contributed by atoms with Crippen molar-refractivity contribution in [2.75, 3.05) is 11.1 Å². The minimum absolute atomic E-state index is 0.169. The predicted octanol–water partition coefficient (Wildman–Crippen LogP) is 2.86. The first kappa shape index (κ1) is 14.9. The van der Waals surface area contributed by atoms with E-state index in [9.17, 15) is 4.79 Å². The number of thioether (sulfide) groups is 1. The van der Waals surface area contributed by atoms with Gasteiger partial charge >= 0.3 is 0 Å². The summed E-state index contributed by atoms with van der Waals surface area (Å²) in [5.74, 6) is 1.90. The monoisotopic (exact) mass is 341 g/mol. The lowest BCUT2D eigenvalue weighted by molar-refractivity contribution is -0.113. The molecule has 2 aromatic heterocycles. The summed E-state index contributed by atoms with van der Waals surface area (Å²) in [6, 6.07) is 11.5. The number of amides is 1. The molecule has 2 heterocycles. The second-order valence-corrected chi connectivity index (χ2v) is 6.44. The Morgan fingerprint density at radius 2 is 2.12 bits per heavy atom. The number of aromatic nitrogens is 4. The molecule has 0 saturated heterocycles. The molecule has 122 valence electrons. The zero-order valence-electron chi connectivity index (χ0n) is 12.8. The fourth-order valence-corrected chi connectivity index (χ4v) is 2.95. The van der Waals surface area contributed by atoms with E-state index in [1.54, 1.807) is 6.07 Å². The first-order valence-corrected chi connectivity index (χ1v) is 8.63. The topological polar surface area (TPSA) is 85.8 Å². The number of rotatable bonds is 6. The van der Waals surface area contributed by atoms with Gasteiger partial charge in [-0.2, -0.15) is 0 Å². The molecule has 0 aliphatic heterocycles. The average molecular weight is 341 g/mol. The normalized spacial score (nSPS) is 13.8. The van der Waals surface area contributed by atoms with Gasteiger partial charge in [-0.05, 0) is 25.0 Å². The van der Waals surface area contributed by atoms with E-state index in [-0.39, 0.29) is 11.7 Å². The Morgan fingerprint density at radius 3 is 2.83 bits per heavy atom. The number of carbonyl (C=O) groups is 1. The van der Waals surface area contributed by atoms with Gasteiger partial charge in [0.2, 0.25) is 11.1 Å². The molecule has 1 aromatic carbocycles. The molecule has 1 fully saturated rings. The van der Waals surface area contributed by atoms with Crippen LogP contribution in [0.15, 0.2) is 52.3 Å². The molecule has 1 N–H and O–H groups in total. The Labute approximate surface area is 142 Å². The maximum atomic E-state index is 11.9. The van der Waals surface area contributed by atoms with E-state index in [0.717, 1.165) is 24.4 Å². The van der Waals surface area contributed by atoms with Crippen LogP contribution in [0.2, 0.25) is 0 Å². The number of nitrogens with zero attached hydrogens (tertiary/aromatic N) is 4. The van der Waals surface area contributed by atoms with Crippen LogP contribution in [-0.4, -0.2) is 31.6 Å². The highest BCUT2D eigenvalue weighted by atomic mass is 32.2. The summed E-state index contributed by atoms with van der Waals surface area (Å²) in [7, 11) is 0. The number of anilines is 1. The number of para-hydroxylation sites is 1. The van der Waals surface area contributed by atoms with E-state index < -0.39 is 0 Å². The highest BCUT2D eigenvalue weighted by Gasteiger charge is 2.30. The second kappa shape index (κ2) is 6.48. The van der Waals surface area contributed by atoms with Crippen molar-refractivity contribution in [3.05, 3.63) is 48.5 Å². The first-order valence-electron chi connectivity index (χ1n) is 7.65. The molecule has 3 aromatic rings. The van der Waals surface area contributed by atoms with Gasteiger partial charge < -0.3 is 9.84 Å². The maximum Gasteiger partial charge on any atom is 0.236 e. The van der Waals surface area contributed by atoms with Gasteiger partial charge in [-0.15, -0.1) is 5.10 Å². The predicted molar refractivity (Wildman–Crippen MR) is 89.2 cm³/mol. The van der Waals surface area contributed by atoms with Crippen molar-refractivity contribution >= 4 is 23.5 Å². The zero-order valence-corrected chi connectivity index (χ0v) is 13.6. The number of benzene rings is 1. The van der Waals surface area contributed by atoms with Crippen molar-refractivity contribution in [2.24, 2.45) is 0 Å². The van der Waals surface area contributed by atoms with Crippen LogP contribution >= 0.6 is 11.8 Å². The Balaban J connectivity index is 1.47. The molecule has 0 spiro atoms. The molecular formula is C16H15N5O2S. The number of nitrogens with one attached hydrogen (secondary N) is 1. The summed E-state index contributed by atoms with van der Waals surface area (Å²) in [6.07, 6.45) is 3.69. The van der Waals surface area contributed by atoms with E-state index in [2.05, 4.69) is 25.1 Å². The van der Waals surface area contributed by atoms with Crippen molar-refractivity contribution < 1.29 is 9.32 Å². The molecule has 24 heavy (non-hydrogen) atoms. The molecule has 8 heteroatoms. The molecule has 0 bridgehead atoms. The molecule has 4 rings (SSSR count). The van der Waals surface area contributed by atoms with Crippen molar-refractivity contribution in [3.8, 4) is 5.69 Å². The molecule has 1 saturated carbocycles. The fraction of sp³-hybridized carbons (Fsp3) is 0.250. The largest absolute Gasteiger partial charge is 0.363 e. The van der Waals surface area contributed by atoms with Gasteiger partial charge in [0.25, 0.3) is 0 Å². The van der Waals surface area contributed by atoms with Gasteiger partial charge in [0.1, 0.15) is 12.1 Å². The third kappa shape index (κ3) is 3.33. The second-order valence-electron chi connectivity index (χ2n) is 5.50. The quantitative estimate of drug-likeness (QED) is 0.694. The van der Waals surface area contributed by atoms with Crippen molar-refractivity contribution in [3.63, 3.8) is 0 Å². The fourth-order valence-electron chi connectivity index (χ4n) is 2.32. The van der Waals surface area contributed by atoms with Gasteiger partial charge in [0.15, 0.2) is 5.82 Å². The summed E-state index contributed by atoms with van der Waals surface area (Å²) in [5, 5.41) is 11.5. The van der Waals surface area contributed by atoms with Crippen LogP contribution in [-0.2, 0) is 4.79 Å². The average Bonchev–Trinajstić information content (AvgIpc) is 3.16. The Hall–Kier alpha value is -2.61. The SMILES string of the molecule is O=C(CSc1nc(C2CC2)n(-c2ccccc2)n1)Nc1ccon1. The highest BCUT2D eigenvalue weighted by molar-refractivity contribution is 7.99. The maximum absolute atomic E-state index is 11.9. The highest BCUT2D eigenvalue weighted by Crippen LogP contribution is 2.40. The van der Waals surface area contributed by atoms with Gasteiger partial charge in [0, 0.05) is 12.0 Å². The molecule has 7 nitrogen and oxygen atoms in total. The van der Waals surface area contributed by atoms with Gasteiger partial charge in [-0.25, -0.2) is 9.67 Å². The molecule has 1 amide bonds. The minimum atomic E-state index is -0.169. The number of hydrogen-bond donors (Lipinski definition) is 1. The smallest absolute Gasteiger partial charge is 0.236 e. The minimum Gasteiger partial charge on any atom is -0.363 e. The molecule has 0 radical (unpaired) electrons. The van der Waals surface area contributed by atoms with Crippen molar-refractivity contribution in [1.82, 2.24) is 19.9 Å². The lowest BCUT2D eigenvalue weighted by Crippen LogP contribution is -2.14. The molecule has 1 aliphatic rings. The van der Waals surface area contributed by atoms with Crippen LogP contribution in [0, 0.1) is 0 Å². The van der Waals surface area contributed by atoms with E-state index in [4.69, 9.17) is 0 Å². The lowest BCUT2D eigenvalue weighted by Gasteiger charge is -2.03. The van der Waals surface area contributed by atoms with Crippen molar-refractivity contribution in [2.45, 2.75) is 23.9 Å². The molecule has 0 atom stereocenters. The summed E-state index contributed by atoms with van der Waals surface area (Å²) in [6.45, 7) is 0. The molecule has 0 unspecified atom stereocenters. The van der Waals surface area contributed by atoms with Crippen LogP contribution in [0.25, 0.3) is 5.69 Å².